The highest BCUT2D eigenvalue weighted by Crippen LogP contribution is 2.17. The largest absolute Gasteiger partial charge is 0.399 e. The van der Waals surface area contributed by atoms with Crippen LogP contribution in [-0.4, -0.2) is 24.0 Å². The van der Waals surface area contributed by atoms with Gasteiger partial charge >= 0.3 is 6.03 Å². The Balaban J connectivity index is 2.02. The minimum Gasteiger partial charge on any atom is -0.399 e. The maximum absolute atomic E-state index is 11.8. The third-order valence-corrected chi connectivity index (χ3v) is 2.91. The molecule has 1 aliphatic rings. The van der Waals surface area contributed by atoms with E-state index in [0.29, 0.717) is 0 Å². The van der Waals surface area contributed by atoms with Gasteiger partial charge in [-0.15, -0.1) is 0 Å². The Morgan fingerprint density at radius 2 is 2.06 bits per heavy atom. The van der Waals surface area contributed by atoms with Gasteiger partial charge in [0.2, 0.25) is 0 Å². The molecular formula is C12H17N3O. The van der Waals surface area contributed by atoms with Crippen molar-refractivity contribution in [3.05, 3.63) is 23.8 Å². The molecule has 16 heavy (non-hydrogen) atoms. The monoisotopic (exact) mass is 219 g/mol. The fraction of sp³-hybridized carbons (Fsp3) is 0.417. The van der Waals surface area contributed by atoms with Crippen molar-refractivity contribution in [2.45, 2.75) is 19.8 Å². The average Bonchev–Trinajstić information content (AvgIpc) is 2.77. The fourth-order valence-electron chi connectivity index (χ4n) is 1.88. The van der Waals surface area contributed by atoms with Gasteiger partial charge in [-0.05, 0) is 43.5 Å². The van der Waals surface area contributed by atoms with E-state index >= 15 is 0 Å². The number of nitrogen functional groups attached to an aromatic ring is 1. The summed E-state index contributed by atoms with van der Waals surface area (Å²) in [6, 6.07) is 5.52. The van der Waals surface area contributed by atoms with Gasteiger partial charge in [-0.1, -0.05) is 0 Å². The molecule has 0 atom stereocenters. The van der Waals surface area contributed by atoms with Gasteiger partial charge in [0.05, 0.1) is 0 Å². The van der Waals surface area contributed by atoms with Gasteiger partial charge in [-0.25, -0.2) is 4.79 Å². The number of hydrogen-bond acceptors (Lipinski definition) is 2. The third kappa shape index (κ3) is 2.27. The topological polar surface area (TPSA) is 58.4 Å². The molecule has 1 saturated heterocycles. The normalized spacial score (nSPS) is 15.2. The van der Waals surface area contributed by atoms with Crippen LogP contribution in [0.3, 0.4) is 0 Å². The first-order valence-electron chi connectivity index (χ1n) is 5.59. The number of urea groups is 1. The van der Waals surface area contributed by atoms with Crippen molar-refractivity contribution in [2.24, 2.45) is 0 Å². The highest BCUT2D eigenvalue weighted by molar-refractivity contribution is 5.89. The summed E-state index contributed by atoms with van der Waals surface area (Å²) < 4.78 is 0. The van der Waals surface area contributed by atoms with Gasteiger partial charge in [0.25, 0.3) is 0 Å². The van der Waals surface area contributed by atoms with Crippen LogP contribution in [0.5, 0.6) is 0 Å². The molecule has 0 aliphatic carbocycles. The van der Waals surface area contributed by atoms with E-state index in [1.807, 2.05) is 30.0 Å². The molecule has 1 heterocycles. The van der Waals surface area contributed by atoms with E-state index in [9.17, 15) is 4.79 Å². The average molecular weight is 219 g/mol. The molecule has 1 aromatic rings. The van der Waals surface area contributed by atoms with Crippen molar-refractivity contribution in [2.75, 3.05) is 24.1 Å². The molecule has 1 fully saturated rings. The van der Waals surface area contributed by atoms with Crippen LogP contribution in [0.2, 0.25) is 0 Å². The zero-order valence-corrected chi connectivity index (χ0v) is 9.49. The third-order valence-electron chi connectivity index (χ3n) is 2.91. The molecule has 2 amide bonds. The number of nitrogens with two attached hydrogens (primary N) is 1. The molecule has 0 unspecified atom stereocenters. The number of nitrogens with one attached hydrogen (secondary N) is 1. The summed E-state index contributed by atoms with van der Waals surface area (Å²) in [7, 11) is 0. The molecular weight excluding hydrogens is 202 g/mol. The van der Waals surface area contributed by atoms with E-state index in [2.05, 4.69) is 5.32 Å². The Bertz CT molecular complexity index is 397. The predicted octanol–water partition coefficient (Wildman–Crippen LogP) is 2.20. The van der Waals surface area contributed by atoms with Crippen LogP contribution < -0.4 is 11.1 Å². The van der Waals surface area contributed by atoms with E-state index < -0.39 is 0 Å². The molecule has 86 valence electrons. The summed E-state index contributed by atoms with van der Waals surface area (Å²) >= 11 is 0. The molecule has 1 aromatic carbocycles. The van der Waals surface area contributed by atoms with Crippen LogP contribution in [0.15, 0.2) is 18.2 Å². The number of carbonyl (C=O) groups excluding carboxylic acids is 1. The van der Waals surface area contributed by atoms with Gasteiger partial charge in [-0.2, -0.15) is 0 Å². The minimum absolute atomic E-state index is 0.0123. The van der Waals surface area contributed by atoms with Crippen molar-refractivity contribution in [1.82, 2.24) is 4.90 Å². The first-order chi connectivity index (χ1) is 7.66. The van der Waals surface area contributed by atoms with Crippen LogP contribution in [0.4, 0.5) is 16.2 Å². The van der Waals surface area contributed by atoms with Crippen LogP contribution in [-0.2, 0) is 0 Å². The summed E-state index contributed by atoms with van der Waals surface area (Å²) in [4.78, 5) is 13.6. The summed E-state index contributed by atoms with van der Waals surface area (Å²) in [5, 5.41) is 2.88. The van der Waals surface area contributed by atoms with Crippen molar-refractivity contribution in [1.29, 1.82) is 0 Å². The summed E-state index contributed by atoms with van der Waals surface area (Å²) in [6.07, 6.45) is 2.21. The maximum Gasteiger partial charge on any atom is 0.321 e. The number of hydrogen-bond donors (Lipinski definition) is 2. The smallest absolute Gasteiger partial charge is 0.321 e. The molecule has 0 bridgehead atoms. The van der Waals surface area contributed by atoms with Gasteiger partial charge < -0.3 is 16.0 Å². The van der Waals surface area contributed by atoms with Gasteiger partial charge in [0.15, 0.2) is 0 Å². The Labute approximate surface area is 95.4 Å². The van der Waals surface area contributed by atoms with E-state index in [0.717, 1.165) is 42.9 Å². The molecule has 1 aliphatic heterocycles. The Morgan fingerprint density at radius 3 is 2.69 bits per heavy atom. The number of anilines is 2. The van der Waals surface area contributed by atoms with Crippen LogP contribution in [0.1, 0.15) is 18.4 Å². The predicted molar refractivity (Wildman–Crippen MR) is 65.4 cm³/mol. The molecule has 0 spiro atoms. The second-order valence-corrected chi connectivity index (χ2v) is 4.20. The lowest BCUT2D eigenvalue weighted by atomic mass is 10.2. The number of aryl methyl sites for hydroxylation is 1. The standard InChI is InChI=1S/C12H17N3O/c1-9-8-10(4-5-11(9)13)14-12(16)15-6-2-3-7-15/h4-5,8H,2-3,6-7,13H2,1H3,(H,14,16). The Morgan fingerprint density at radius 1 is 1.38 bits per heavy atom. The van der Waals surface area contributed by atoms with E-state index in [4.69, 9.17) is 5.73 Å². The summed E-state index contributed by atoms with van der Waals surface area (Å²) in [5.41, 5.74) is 8.26. The lowest BCUT2D eigenvalue weighted by Gasteiger charge is -2.16. The molecule has 2 rings (SSSR count). The van der Waals surface area contributed by atoms with Crippen LogP contribution in [0.25, 0.3) is 0 Å². The second-order valence-electron chi connectivity index (χ2n) is 4.20. The van der Waals surface area contributed by atoms with Crippen LogP contribution >= 0.6 is 0 Å². The second kappa shape index (κ2) is 4.43. The summed E-state index contributed by atoms with van der Waals surface area (Å²) in [5.74, 6) is 0. The van der Waals surface area contributed by atoms with Crippen molar-refractivity contribution >= 4 is 17.4 Å². The highest BCUT2D eigenvalue weighted by Gasteiger charge is 2.17. The lowest BCUT2D eigenvalue weighted by molar-refractivity contribution is 0.222. The van der Waals surface area contributed by atoms with Crippen molar-refractivity contribution in [3.63, 3.8) is 0 Å². The molecule has 3 N–H and O–H groups in total. The molecule has 0 radical (unpaired) electrons. The van der Waals surface area contributed by atoms with Gasteiger partial charge in [-0.3, -0.25) is 0 Å². The number of amides is 2. The Kier molecular flexibility index (Phi) is 2.99. The number of nitrogens with zero attached hydrogens (tertiary/aromatic N) is 1. The zero-order chi connectivity index (χ0) is 11.5. The number of carbonyl (C=O) groups is 1. The fourth-order valence-corrected chi connectivity index (χ4v) is 1.88. The maximum atomic E-state index is 11.8. The van der Waals surface area contributed by atoms with Gasteiger partial charge in [0, 0.05) is 24.5 Å². The highest BCUT2D eigenvalue weighted by atomic mass is 16.2. The lowest BCUT2D eigenvalue weighted by Crippen LogP contribution is -2.32. The Hall–Kier alpha value is -1.71. The van der Waals surface area contributed by atoms with E-state index in [1.54, 1.807) is 0 Å². The first-order valence-corrected chi connectivity index (χ1v) is 5.59. The number of rotatable bonds is 1. The first kappa shape index (κ1) is 10.8. The summed E-state index contributed by atoms with van der Waals surface area (Å²) in [6.45, 7) is 3.65. The molecule has 4 nitrogen and oxygen atoms in total. The molecule has 4 heteroatoms. The quantitative estimate of drug-likeness (QED) is 0.711. The molecule has 0 aromatic heterocycles. The van der Waals surface area contributed by atoms with Gasteiger partial charge in [0.1, 0.15) is 0 Å². The SMILES string of the molecule is Cc1cc(NC(=O)N2CCCC2)ccc1N. The number of benzene rings is 1. The van der Waals surface area contributed by atoms with E-state index in [-0.39, 0.29) is 6.03 Å². The van der Waals surface area contributed by atoms with Crippen molar-refractivity contribution in [3.8, 4) is 0 Å². The van der Waals surface area contributed by atoms with E-state index in [1.165, 1.54) is 0 Å². The molecule has 0 saturated carbocycles. The van der Waals surface area contributed by atoms with Crippen LogP contribution in [0, 0.1) is 6.92 Å². The zero-order valence-electron chi connectivity index (χ0n) is 9.49. The number of likely N-dealkylation sites (tertiary alicyclic amines) is 1. The minimum atomic E-state index is -0.0123. The van der Waals surface area contributed by atoms with Crippen molar-refractivity contribution < 1.29 is 4.79 Å².